The molecule has 3 fully saturated rings. The van der Waals surface area contributed by atoms with Gasteiger partial charge < -0.3 is 9.84 Å². The van der Waals surface area contributed by atoms with Crippen molar-refractivity contribution in [2.75, 3.05) is 7.11 Å². The Kier molecular flexibility index (Phi) is 5.44. The molecule has 4 aliphatic carbocycles. The van der Waals surface area contributed by atoms with Crippen molar-refractivity contribution in [3.05, 3.63) is 11.6 Å². The normalized spacial score (nSPS) is 46.0. The molecule has 0 aromatic heterocycles. The van der Waals surface area contributed by atoms with Crippen molar-refractivity contribution in [3.63, 3.8) is 0 Å². The standard InChI is InChI=1S/C25H40O3/c1-16(5-10-23(27)28-4)20-8-9-21-19-7-6-17-15-18(26)11-13-24(17,2)22(19)12-14-25(20,21)3/h12,16-21,26H,5-11,13-15H2,1-4H3/t16-,17-,18+,19?,20?,21?,24+,25-/m1/s1. The number of allylic oxidation sites excluding steroid dienone is 2. The van der Waals surface area contributed by atoms with E-state index in [1.54, 1.807) is 5.57 Å². The van der Waals surface area contributed by atoms with Crippen LogP contribution in [0.2, 0.25) is 0 Å². The van der Waals surface area contributed by atoms with Crippen LogP contribution in [-0.4, -0.2) is 24.3 Å². The summed E-state index contributed by atoms with van der Waals surface area (Å²) >= 11 is 0. The molecule has 0 bridgehead atoms. The molecular weight excluding hydrogens is 348 g/mol. The van der Waals surface area contributed by atoms with E-state index in [-0.39, 0.29) is 12.1 Å². The van der Waals surface area contributed by atoms with Gasteiger partial charge in [0.15, 0.2) is 0 Å². The Labute approximate surface area is 171 Å². The Bertz CT molecular complexity index is 640. The minimum atomic E-state index is -0.0735. The van der Waals surface area contributed by atoms with Crippen molar-refractivity contribution in [1.29, 1.82) is 0 Å². The van der Waals surface area contributed by atoms with Gasteiger partial charge in [0.25, 0.3) is 0 Å². The zero-order chi connectivity index (χ0) is 20.1. The predicted molar refractivity (Wildman–Crippen MR) is 112 cm³/mol. The summed E-state index contributed by atoms with van der Waals surface area (Å²) in [6, 6.07) is 0. The van der Waals surface area contributed by atoms with Gasteiger partial charge in [-0.1, -0.05) is 32.4 Å². The smallest absolute Gasteiger partial charge is 0.305 e. The van der Waals surface area contributed by atoms with Gasteiger partial charge in [-0.15, -0.1) is 0 Å². The first kappa shape index (κ1) is 20.4. The molecule has 3 heteroatoms. The second-order valence-electron chi connectivity index (χ2n) is 11.0. The molecule has 8 atom stereocenters. The van der Waals surface area contributed by atoms with Crippen LogP contribution in [0.3, 0.4) is 0 Å². The molecule has 0 amide bonds. The van der Waals surface area contributed by atoms with Crippen molar-refractivity contribution < 1.29 is 14.6 Å². The predicted octanol–water partition coefficient (Wildman–Crippen LogP) is 5.52. The maximum absolute atomic E-state index is 11.6. The molecule has 3 saturated carbocycles. The van der Waals surface area contributed by atoms with Gasteiger partial charge >= 0.3 is 5.97 Å². The van der Waals surface area contributed by atoms with Gasteiger partial charge in [0, 0.05) is 6.42 Å². The van der Waals surface area contributed by atoms with E-state index in [0.717, 1.165) is 37.0 Å². The third-order valence-electron chi connectivity index (χ3n) is 9.79. The van der Waals surface area contributed by atoms with Crippen molar-refractivity contribution in [3.8, 4) is 0 Å². The molecule has 0 aromatic rings. The highest BCUT2D eigenvalue weighted by Gasteiger charge is 2.57. The number of carbonyl (C=O) groups excluding carboxylic acids is 1. The monoisotopic (exact) mass is 388 g/mol. The highest BCUT2D eigenvalue weighted by molar-refractivity contribution is 5.69. The Balaban J connectivity index is 1.53. The first-order valence-electron chi connectivity index (χ1n) is 11.7. The molecule has 3 unspecified atom stereocenters. The average Bonchev–Trinajstić information content (AvgIpc) is 3.03. The Morgan fingerprint density at radius 1 is 1.25 bits per heavy atom. The molecule has 0 heterocycles. The zero-order valence-electron chi connectivity index (χ0n) is 18.4. The van der Waals surface area contributed by atoms with Crippen LogP contribution >= 0.6 is 0 Å². The van der Waals surface area contributed by atoms with Crippen LogP contribution in [0.25, 0.3) is 0 Å². The van der Waals surface area contributed by atoms with Crippen LogP contribution in [0.1, 0.15) is 85.0 Å². The van der Waals surface area contributed by atoms with Crippen LogP contribution in [0.4, 0.5) is 0 Å². The third kappa shape index (κ3) is 3.16. The molecule has 0 saturated heterocycles. The quantitative estimate of drug-likeness (QED) is 0.510. The molecule has 0 aliphatic heterocycles. The van der Waals surface area contributed by atoms with Crippen LogP contribution in [0.5, 0.6) is 0 Å². The minimum Gasteiger partial charge on any atom is -0.469 e. The molecule has 0 radical (unpaired) electrons. The van der Waals surface area contributed by atoms with Gasteiger partial charge in [0.05, 0.1) is 13.2 Å². The summed E-state index contributed by atoms with van der Waals surface area (Å²) in [6.45, 7) is 7.42. The maximum Gasteiger partial charge on any atom is 0.305 e. The van der Waals surface area contributed by atoms with E-state index < -0.39 is 0 Å². The Hall–Kier alpha value is -0.830. The van der Waals surface area contributed by atoms with Crippen LogP contribution in [0.15, 0.2) is 11.6 Å². The molecule has 1 N–H and O–H groups in total. The van der Waals surface area contributed by atoms with Crippen molar-refractivity contribution in [2.24, 2.45) is 40.4 Å². The van der Waals surface area contributed by atoms with E-state index in [0.29, 0.717) is 29.1 Å². The maximum atomic E-state index is 11.6. The van der Waals surface area contributed by atoms with E-state index in [1.807, 2.05) is 0 Å². The fourth-order valence-corrected chi connectivity index (χ4v) is 8.13. The summed E-state index contributed by atoms with van der Waals surface area (Å²) in [5, 5.41) is 10.2. The highest BCUT2D eigenvalue weighted by Crippen LogP contribution is 2.66. The summed E-state index contributed by atoms with van der Waals surface area (Å²) in [7, 11) is 1.49. The van der Waals surface area contributed by atoms with Crippen LogP contribution in [-0.2, 0) is 9.53 Å². The number of rotatable bonds is 4. The average molecular weight is 389 g/mol. The van der Waals surface area contributed by atoms with Crippen LogP contribution < -0.4 is 0 Å². The van der Waals surface area contributed by atoms with E-state index in [2.05, 4.69) is 26.8 Å². The van der Waals surface area contributed by atoms with Crippen molar-refractivity contribution >= 4 is 5.97 Å². The fourth-order valence-electron chi connectivity index (χ4n) is 8.13. The third-order valence-corrected chi connectivity index (χ3v) is 9.79. The van der Waals surface area contributed by atoms with E-state index in [1.165, 1.54) is 45.6 Å². The largest absolute Gasteiger partial charge is 0.469 e. The fraction of sp³-hybridized carbons (Fsp3) is 0.880. The number of aliphatic hydroxyl groups excluding tert-OH is 1. The van der Waals surface area contributed by atoms with E-state index in [9.17, 15) is 9.90 Å². The number of methoxy groups -OCH3 is 1. The molecule has 158 valence electrons. The lowest BCUT2D eigenvalue weighted by molar-refractivity contribution is -0.141. The lowest BCUT2D eigenvalue weighted by Crippen LogP contribution is -2.48. The van der Waals surface area contributed by atoms with Gasteiger partial charge in [-0.3, -0.25) is 4.79 Å². The zero-order valence-corrected chi connectivity index (χ0v) is 18.4. The summed E-state index contributed by atoms with van der Waals surface area (Å²) in [5.74, 6) is 3.48. The molecule has 0 aromatic carbocycles. The number of esters is 1. The van der Waals surface area contributed by atoms with Crippen molar-refractivity contribution in [2.45, 2.75) is 91.1 Å². The lowest BCUT2D eigenvalue weighted by atomic mass is 9.48. The summed E-state index contributed by atoms with van der Waals surface area (Å²) in [4.78, 5) is 11.6. The van der Waals surface area contributed by atoms with Gasteiger partial charge in [-0.2, -0.15) is 0 Å². The van der Waals surface area contributed by atoms with E-state index >= 15 is 0 Å². The molecule has 4 rings (SSSR count). The number of aliphatic hydroxyl groups is 1. The number of carbonyl (C=O) groups is 1. The van der Waals surface area contributed by atoms with Gasteiger partial charge in [0.1, 0.15) is 0 Å². The first-order chi connectivity index (χ1) is 13.3. The van der Waals surface area contributed by atoms with Gasteiger partial charge in [-0.25, -0.2) is 0 Å². The number of ether oxygens (including phenoxy) is 1. The minimum absolute atomic E-state index is 0.0666. The molecular formula is C25H40O3. The summed E-state index contributed by atoms with van der Waals surface area (Å²) in [6.07, 6.45) is 13.8. The molecule has 28 heavy (non-hydrogen) atoms. The molecule has 0 spiro atoms. The van der Waals surface area contributed by atoms with Gasteiger partial charge in [0.2, 0.25) is 0 Å². The summed E-state index contributed by atoms with van der Waals surface area (Å²) in [5.41, 5.74) is 2.49. The lowest BCUT2D eigenvalue weighted by Gasteiger charge is -2.57. The number of hydrogen-bond donors (Lipinski definition) is 1. The second kappa shape index (κ2) is 7.45. The van der Waals surface area contributed by atoms with E-state index in [4.69, 9.17) is 4.74 Å². The topological polar surface area (TPSA) is 46.5 Å². The van der Waals surface area contributed by atoms with Crippen molar-refractivity contribution in [1.82, 2.24) is 0 Å². The van der Waals surface area contributed by atoms with Gasteiger partial charge in [-0.05, 0) is 98.2 Å². The molecule has 4 aliphatic rings. The Morgan fingerprint density at radius 2 is 2.04 bits per heavy atom. The van der Waals surface area contributed by atoms with Crippen LogP contribution in [0, 0.1) is 40.4 Å². The Morgan fingerprint density at radius 3 is 2.79 bits per heavy atom. The number of fused-ring (bicyclic) bond motifs is 5. The SMILES string of the molecule is COC(=O)CC[C@@H](C)C1CCC2C3CC[C@@H]4C[C@@H](O)CC[C@]4(C)C3=CC[C@@]21C. The molecule has 3 nitrogen and oxygen atoms in total. The number of hydrogen-bond acceptors (Lipinski definition) is 3. The summed E-state index contributed by atoms with van der Waals surface area (Å²) < 4.78 is 4.87. The first-order valence-corrected chi connectivity index (χ1v) is 11.7. The second-order valence-corrected chi connectivity index (χ2v) is 11.0. The highest BCUT2D eigenvalue weighted by atomic mass is 16.5.